The maximum Gasteiger partial charge on any atom is 0.228 e. The second-order valence-corrected chi connectivity index (χ2v) is 5.24. The van der Waals surface area contributed by atoms with Crippen molar-refractivity contribution in [1.29, 1.82) is 0 Å². The molecular formula is C15H22BrNO. The highest BCUT2D eigenvalue weighted by molar-refractivity contribution is 9.18. The minimum atomic E-state index is -0.0390. The average Bonchev–Trinajstić information content (AvgIpc) is 2.38. The predicted octanol–water partition coefficient (Wildman–Crippen LogP) is 4.28. The van der Waals surface area contributed by atoms with Crippen LogP contribution in [0.1, 0.15) is 54.9 Å². The van der Waals surface area contributed by atoms with Gasteiger partial charge in [-0.1, -0.05) is 56.9 Å². The van der Waals surface area contributed by atoms with Gasteiger partial charge in [0.2, 0.25) is 4.69 Å². The molecule has 0 aliphatic heterocycles. The largest absolute Gasteiger partial charge is 0.313 e. The van der Waals surface area contributed by atoms with Gasteiger partial charge in [0.1, 0.15) is 0 Å². The van der Waals surface area contributed by atoms with Crippen molar-refractivity contribution in [3.8, 4) is 0 Å². The number of rotatable bonds is 9. The van der Waals surface area contributed by atoms with Gasteiger partial charge in [0.25, 0.3) is 0 Å². The van der Waals surface area contributed by atoms with E-state index in [0.29, 0.717) is 0 Å². The Morgan fingerprint density at radius 2 is 1.89 bits per heavy atom. The number of benzene rings is 1. The third kappa shape index (κ3) is 5.78. The Morgan fingerprint density at radius 1 is 1.17 bits per heavy atom. The number of nitrogens with one attached hydrogen (secondary N) is 1. The highest BCUT2D eigenvalue weighted by atomic mass is 79.9. The van der Waals surface area contributed by atoms with Crippen LogP contribution in [0, 0.1) is 0 Å². The molecule has 0 aliphatic carbocycles. The van der Waals surface area contributed by atoms with Crippen molar-refractivity contribution < 1.29 is 4.79 Å². The molecular weight excluding hydrogens is 290 g/mol. The van der Waals surface area contributed by atoms with Crippen molar-refractivity contribution in [2.24, 2.45) is 0 Å². The number of hydrogen-bond donors (Lipinski definition) is 1. The van der Waals surface area contributed by atoms with Crippen LogP contribution >= 0.6 is 15.9 Å². The van der Waals surface area contributed by atoms with Crippen molar-refractivity contribution in [2.45, 2.75) is 45.6 Å². The maximum atomic E-state index is 11.4. The Morgan fingerprint density at radius 3 is 2.61 bits per heavy atom. The third-order valence-electron chi connectivity index (χ3n) is 3.00. The molecule has 1 aromatic carbocycles. The molecule has 0 aromatic heterocycles. The van der Waals surface area contributed by atoms with Gasteiger partial charge in [0.05, 0.1) is 0 Å². The second kappa shape index (κ2) is 9.29. The van der Waals surface area contributed by atoms with Gasteiger partial charge in [-0.15, -0.1) is 0 Å². The van der Waals surface area contributed by atoms with Crippen LogP contribution in [-0.4, -0.2) is 11.2 Å². The van der Waals surface area contributed by atoms with Gasteiger partial charge >= 0.3 is 0 Å². The van der Waals surface area contributed by atoms with Crippen LogP contribution in [0.2, 0.25) is 0 Å². The first-order valence-corrected chi connectivity index (χ1v) is 7.53. The summed E-state index contributed by atoms with van der Waals surface area (Å²) in [5, 5.41) is 3.40. The molecule has 0 bridgehead atoms. The Hall–Kier alpha value is -0.670. The lowest BCUT2D eigenvalue weighted by atomic mass is 10.1. The molecule has 0 amide bonds. The molecule has 1 rings (SSSR count). The lowest BCUT2D eigenvalue weighted by molar-refractivity contribution is 0.109. The van der Waals surface area contributed by atoms with Crippen LogP contribution in [0.5, 0.6) is 0 Å². The Bertz CT molecular complexity index is 365. The zero-order valence-corrected chi connectivity index (χ0v) is 12.6. The molecule has 1 aromatic rings. The van der Waals surface area contributed by atoms with Gasteiger partial charge in [-0.05, 0) is 34.5 Å². The molecule has 3 heteroatoms. The molecule has 0 unspecified atom stereocenters. The molecule has 0 saturated heterocycles. The highest BCUT2D eigenvalue weighted by Crippen LogP contribution is 2.12. The van der Waals surface area contributed by atoms with Crippen molar-refractivity contribution in [3.63, 3.8) is 0 Å². The summed E-state index contributed by atoms with van der Waals surface area (Å²) in [6.45, 7) is 4.02. The number of halogens is 1. The first kappa shape index (κ1) is 15.4. The number of hydrogen-bond acceptors (Lipinski definition) is 2. The first-order chi connectivity index (χ1) is 8.75. The van der Waals surface area contributed by atoms with Gasteiger partial charge in [0, 0.05) is 12.1 Å². The van der Waals surface area contributed by atoms with E-state index < -0.39 is 0 Å². The van der Waals surface area contributed by atoms with Gasteiger partial charge in [0.15, 0.2) is 0 Å². The molecule has 0 fully saturated rings. The zero-order valence-electron chi connectivity index (χ0n) is 11.0. The van der Waals surface area contributed by atoms with Crippen molar-refractivity contribution in [2.75, 3.05) is 6.54 Å². The molecule has 0 heterocycles. The molecule has 0 spiro atoms. The van der Waals surface area contributed by atoms with Gasteiger partial charge in [-0.25, -0.2) is 0 Å². The van der Waals surface area contributed by atoms with Gasteiger partial charge in [-0.2, -0.15) is 0 Å². The lowest BCUT2D eigenvalue weighted by Gasteiger charge is -2.07. The van der Waals surface area contributed by atoms with E-state index in [9.17, 15) is 4.79 Å². The lowest BCUT2D eigenvalue weighted by Crippen LogP contribution is -2.16. The molecule has 0 atom stereocenters. The molecule has 0 saturated carbocycles. The summed E-state index contributed by atoms with van der Waals surface area (Å²) in [6.07, 6.45) is 6.45. The molecule has 1 N–H and O–H groups in total. The SMILES string of the molecule is CCCCCCCNCc1ccccc1C(=O)Br. The second-order valence-electron chi connectivity index (χ2n) is 4.52. The van der Waals surface area contributed by atoms with E-state index >= 15 is 0 Å². The quantitative estimate of drug-likeness (QED) is 0.544. The molecule has 18 heavy (non-hydrogen) atoms. The van der Waals surface area contributed by atoms with Crippen LogP contribution in [0.15, 0.2) is 24.3 Å². The summed E-state index contributed by atoms with van der Waals surface area (Å²) in [4.78, 5) is 11.4. The highest BCUT2D eigenvalue weighted by Gasteiger charge is 2.06. The van der Waals surface area contributed by atoms with Crippen LogP contribution < -0.4 is 5.32 Å². The molecule has 100 valence electrons. The minimum Gasteiger partial charge on any atom is -0.313 e. The summed E-state index contributed by atoms with van der Waals surface area (Å²) in [5.74, 6) is 0. The van der Waals surface area contributed by atoms with E-state index in [1.807, 2.05) is 24.3 Å². The van der Waals surface area contributed by atoms with Crippen LogP contribution in [-0.2, 0) is 6.54 Å². The summed E-state index contributed by atoms with van der Waals surface area (Å²) in [7, 11) is 0. The fourth-order valence-electron chi connectivity index (χ4n) is 1.94. The standard InChI is InChI=1S/C15H22BrNO/c1-2-3-4-5-8-11-17-12-13-9-6-7-10-14(13)15(16)18/h6-7,9-10,17H,2-5,8,11-12H2,1H3. The third-order valence-corrected chi connectivity index (χ3v) is 3.43. The van der Waals surface area contributed by atoms with E-state index in [2.05, 4.69) is 28.2 Å². The Balaban J connectivity index is 2.25. The van der Waals surface area contributed by atoms with E-state index in [4.69, 9.17) is 0 Å². The molecule has 2 nitrogen and oxygen atoms in total. The van der Waals surface area contributed by atoms with Crippen molar-refractivity contribution in [3.05, 3.63) is 35.4 Å². The number of unbranched alkanes of at least 4 members (excludes halogenated alkanes) is 4. The molecule has 0 aliphatic rings. The van der Waals surface area contributed by atoms with Gasteiger partial charge < -0.3 is 5.32 Å². The number of carbonyl (C=O) groups excluding carboxylic acids is 1. The normalized spacial score (nSPS) is 10.6. The minimum absolute atomic E-state index is 0.0390. The maximum absolute atomic E-state index is 11.4. The summed E-state index contributed by atoms with van der Waals surface area (Å²) in [5.41, 5.74) is 1.82. The molecule has 0 radical (unpaired) electrons. The van der Waals surface area contributed by atoms with Crippen LogP contribution in [0.4, 0.5) is 0 Å². The van der Waals surface area contributed by atoms with E-state index in [0.717, 1.165) is 24.2 Å². The smallest absolute Gasteiger partial charge is 0.228 e. The van der Waals surface area contributed by atoms with Gasteiger partial charge in [-0.3, -0.25) is 4.79 Å². The van der Waals surface area contributed by atoms with Crippen molar-refractivity contribution in [1.82, 2.24) is 5.32 Å². The fourth-order valence-corrected chi connectivity index (χ4v) is 2.33. The Kier molecular flexibility index (Phi) is 7.94. The average molecular weight is 312 g/mol. The number of carbonyl (C=O) groups is 1. The first-order valence-electron chi connectivity index (χ1n) is 6.74. The van der Waals surface area contributed by atoms with Crippen LogP contribution in [0.25, 0.3) is 0 Å². The van der Waals surface area contributed by atoms with E-state index in [-0.39, 0.29) is 4.69 Å². The van der Waals surface area contributed by atoms with Crippen LogP contribution in [0.3, 0.4) is 0 Å². The fraction of sp³-hybridized carbons (Fsp3) is 0.533. The summed E-state index contributed by atoms with van der Waals surface area (Å²) in [6, 6.07) is 7.72. The summed E-state index contributed by atoms with van der Waals surface area (Å²) >= 11 is 3.02. The van der Waals surface area contributed by atoms with Crippen molar-refractivity contribution >= 4 is 20.6 Å². The predicted molar refractivity (Wildman–Crippen MR) is 80.2 cm³/mol. The van der Waals surface area contributed by atoms with E-state index in [1.54, 1.807) is 0 Å². The topological polar surface area (TPSA) is 29.1 Å². The summed E-state index contributed by atoms with van der Waals surface area (Å²) < 4.78 is -0.0390. The monoisotopic (exact) mass is 311 g/mol. The van der Waals surface area contributed by atoms with E-state index in [1.165, 1.54) is 32.1 Å². The Labute approximate surface area is 118 Å². The zero-order chi connectivity index (χ0) is 13.2.